The fourth-order valence-corrected chi connectivity index (χ4v) is 2.63. The number of ether oxygens (including phenoxy) is 2. The van der Waals surface area contributed by atoms with Gasteiger partial charge >= 0.3 is 0 Å². The van der Waals surface area contributed by atoms with Gasteiger partial charge in [0.05, 0.1) is 13.7 Å². The molecule has 1 fully saturated rings. The smallest absolute Gasteiger partial charge is 0.223 e. The van der Waals surface area contributed by atoms with Crippen LogP contribution < -0.4 is 20.5 Å². The zero-order chi connectivity index (χ0) is 15.1. The minimum absolute atomic E-state index is 0. The van der Waals surface area contributed by atoms with Gasteiger partial charge in [0.25, 0.3) is 0 Å². The minimum Gasteiger partial charge on any atom is -0.497 e. The van der Waals surface area contributed by atoms with Gasteiger partial charge < -0.3 is 20.5 Å². The first kappa shape index (κ1) is 18.6. The quantitative estimate of drug-likeness (QED) is 0.785. The van der Waals surface area contributed by atoms with Gasteiger partial charge in [-0.25, -0.2) is 0 Å². The Labute approximate surface area is 138 Å². The number of rotatable bonds is 6. The minimum atomic E-state index is 0. The first-order valence-corrected chi connectivity index (χ1v) is 7.49. The van der Waals surface area contributed by atoms with E-state index in [0.29, 0.717) is 13.2 Å². The Morgan fingerprint density at radius 1 is 1.27 bits per heavy atom. The van der Waals surface area contributed by atoms with Crippen LogP contribution in [0.25, 0.3) is 0 Å². The molecule has 2 atom stereocenters. The maximum absolute atomic E-state index is 12.0. The van der Waals surface area contributed by atoms with Crippen molar-refractivity contribution in [2.45, 2.75) is 31.7 Å². The zero-order valence-electron chi connectivity index (χ0n) is 12.9. The van der Waals surface area contributed by atoms with Crippen molar-refractivity contribution in [3.8, 4) is 11.5 Å². The van der Waals surface area contributed by atoms with Gasteiger partial charge in [0.15, 0.2) is 0 Å². The van der Waals surface area contributed by atoms with Crippen LogP contribution in [0.3, 0.4) is 0 Å². The standard InChI is InChI=1S/C16H24N2O3.ClH/c1-20-14-5-7-15(8-6-14)21-10-9-18-16(19)12-3-2-4-13(17)11-12;/h5-8,12-13H,2-4,9-11,17H2,1H3,(H,18,19);1H. The number of halogens is 1. The third kappa shape index (κ3) is 5.73. The van der Waals surface area contributed by atoms with E-state index < -0.39 is 0 Å². The molecule has 1 saturated carbocycles. The number of carbonyl (C=O) groups excluding carboxylic acids is 1. The molecule has 0 spiro atoms. The lowest BCUT2D eigenvalue weighted by molar-refractivity contribution is -0.126. The van der Waals surface area contributed by atoms with Gasteiger partial charge in [-0.3, -0.25) is 4.79 Å². The number of hydrogen-bond acceptors (Lipinski definition) is 4. The van der Waals surface area contributed by atoms with Crippen LogP contribution in [0.1, 0.15) is 25.7 Å². The van der Waals surface area contributed by atoms with E-state index in [-0.39, 0.29) is 30.3 Å². The number of carbonyl (C=O) groups is 1. The lowest BCUT2D eigenvalue weighted by atomic mass is 9.85. The monoisotopic (exact) mass is 328 g/mol. The fraction of sp³-hybridized carbons (Fsp3) is 0.562. The summed E-state index contributed by atoms with van der Waals surface area (Å²) in [5, 5.41) is 2.92. The molecular formula is C16H25ClN2O3. The Kier molecular flexibility index (Phi) is 8.06. The highest BCUT2D eigenvalue weighted by Gasteiger charge is 2.24. The summed E-state index contributed by atoms with van der Waals surface area (Å²) in [7, 11) is 1.63. The molecule has 0 aliphatic heterocycles. The van der Waals surface area contributed by atoms with Crippen LogP contribution in [0.2, 0.25) is 0 Å². The Morgan fingerprint density at radius 3 is 2.59 bits per heavy atom. The number of amides is 1. The second-order valence-electron chi connectivity index (χ2n) is 5.44. The molecule has 2 unspecified atom stereocenters. The van der Waals surface area contributed by atoms with Crippen LogP contribution in [-0.4, -0.2) is 32.2 Å². The van der Waals surface area contributed by atoms with Gasteiger partial charge in [0.2, 0.25) is 5.91 Å². The molecular weight excluding hydrogens is 304 g/mol. The molecule has 5 nitrogen and oxygen atoms in total. The molecule has 0 bridgehead atoms. The molecule has 0 saturated heterocycles. The normalized spacial score (nSPS) is 20.6. The maximum Gasteiger partial charge on any atom is 0.223 e. The van der Waals surface area contributed by atoms with Gasteiger partial charge in [-0.15, -0.1) is 12.4 Å². The summed E-state index contributed by atoms with van der Waals surface area (Å²) in [5.41, 5.74) is 5.90. The van der Waals surface area contributed by atoms with E-state index in [9.17, 15) is 4.79 Å². The second kappa shape index (κ2) is 9.54. The maximum atomic E-state index is 12.0. The first-order chi connectivity index (χ1) is 10.2. The van der Waals surface area contributed by atoms with Gasteiger partial charge in [0.1, 0.15) is 18.1 Å². The van der Waals surface area contributed by atoms with Crippen molar-refractivity contribution in [2.75, 3.05) is 20.3 Å². The van der Waals surface area contributed by atoms with Crippen molar-refractivity contribution in [2.24, 2.45) is 11.7 Å². The Balaban J connectivity index is 0.00000242. The molecule has 124 valence electrons. The van der Waals surface area contributed by atoms with Crippen molar-refractivity contribution in [1.29, 1.82) is 0 Å². The van der Waals surface area contributed by atoms with Crippen molar-refractivity contribution in [3.63, 3.8) is 0 Å². The summed E-state index contributed by atoms with van der Waals surface area (Å²) in [5.74, 6) is 1.73. The highest BCUT2D eigenvalue weighted by Crippen LogP contribution is 2.23. The fourth-order valence-electron chi connectivity index (χ4n) is 2.63. The van der Waals surface area contributed by atoms with Gasteiger partial charge in [-0.1, -0.05) is 6.42 Å². The molecule has 3 N–H and O–H groups in total. The van der Waals surface area contributed by atoms with Gasteiger partial charge in [0, 0.05) is 12.0 Å². The average molecular weight is 329 g/mol. The molecule has 0 radical (unpaired) electrons. The van der Waals surface area contributed by atoms with Crippen LogP contribution in [0.5, 0.6) is 11.5 Å². The molecule has 22 heavy (non-hydrogen) atoms. The van der Waals surface area contributed by atoms with Crippen molar-refractivity contribution in [3.05, 3.63) is 24.3 Å². The molecule has 6 heteroatoms. The third-order valence-electron chi connectivity index (χ3n) is 3.82. The van der Waals surface area contributed by atoms with Crippen LogP contribution in [0, 0.1) is 5.92 Å². The van der Waals surface area contributed by atoms with Crippen LogP contribution in [0.4, 0.5) is 0 Å². The molecule has 1 aliphatic carbocycles. The molecule has 1 amide bonds. The SMILES string of the molecule is COc1ccc(OCCNC(=O)C2CCCC(N)C2)cc1.Cl. The Morgan fingerprint density at radius 2 is 1.95 bits per heavy atom. The number of hydrogen-bond donors (Lipinski definition) is 2. The summed E-state index contributed by atoms with van der Waals surface area (Å²) in [6.07, 6.45) is 3.82. The van der Waals surface area contributed by atoms with Crippen molar-refractivity contribution < 1.29 is 14.3 Å². The third-order valence-corrected chi connectivity index (χ3v) is 3.82. The Hall–Kier alpha value is -1.46. The highest BCUT2D eigenvalue weighted by molar-refractivity contribution is 5.85. The average Bonchev–Trinajstić information content (AvgIpc) is 2.52. The van der Waals surface area contributed by atoms with E-state index in [4.69, 9.17) is 15.2 Å². The first-order valence-electron chi connectivity index (χ1n) is 7.49. The Bertz CT molecular complexity index is 453. The zero-order valence-corrected chi connectivity index (χ0v) is 13.7. The number of methoxy groups -OCH3 is 1. The second-order valence-corrected chi connectivity index (χ2v) is 5.44. The lowest BCUT2D eigenvalue weighted by Crippen LogP contribution is -2.39. The number of nitrogens with one attached hydrogen (secondary N) is 1. The van der Waals surface area contributed by atoms with Gasteiger partial charge in [-0.05, 0) is 43.5 Å². The number of nitrogens with two attached hydrogens (primary N) is 1. The molecule has 0 aromatic heterocycles. The molecule has 1 aromatic carbocycles. The summed E-state index contributed by atoms with van der Waals surface area (Å²) in [4.78, 5) is 12.0. The summed E-state index contributed by atoms with van der Waals surface area (Å²) in [6, 6.07) is 7.56. The summed E-state index contributed by atoms with van der Waals surface area (Å²) >= 11 is 0. The van der Waals surface area contributed by atoms with Crippen LogP contribution >= 0.6 is 12.4 Å². The largest absolute Gasteiger partial charge is 0.497 e. The molecule has 2 rings (SSSR count). The highest BCUT2D eigenvalue weighted by atomic mass is 35.5. The van der Waals surface area contributed by atoms with E-state index in [0.717, 1.165) is 37.2 Å². The van der Waals surface area contributed by atoms with E-state index in [1.54, 1.807) is 7.11 Å². The summed E-state index contributed by atoms with van der Waals surface area (Å²) < 4.78 is 10.6. The van der Waals surface area contributed by atoms with Crippen molar-refractivity contribution in [1.82, 2.24) is 5.32 Å². The molecule has 1 aromatic rings. The van der Waals surface area contributed by atoms with Crippen molar-refractivity contribution >= 4 is 18.3 Å². The number of benzene rings is 1. The summed E-state index contributed by atoms with van der Waals surface area (Å²) in [6.45, 7) is 0.966. The van der Waals surface area contributed by atoms with E-state index >= 15 is 0 Å². The van der Waals surface area contributed by atoms with Crippen LogP contribution in [-0.2, 0) is 4.79 Å². The predicted molar refractivity (Wildman–Crippen MR) is 88.7 cm³/mol. The predicted octanol–water partition coefficient (Wildman–Crippen LogP) is 2.13. The van der Waals surface area contributed by atoms with E-state index in [1.807, 2.05) is 24.3 Å². The topological polar surface area (TPSA) is 73.6 Å². The van der Waals surface area contributed by atoms with Gasteiger partial charge in [-0.2, -0.15) is 0 Å². The van der Waals surface area contributed by atoms with E-state index in [2.05, 4.69) is 5.32 Å². The van der Waals surface area contributed by atoms with E-state index in [1.165, 1.54) is 0 Å². The lowest BCUT2D eigenvalue weighted by Gasteiger charge is -2.25. The van der Waals surface area contributed by atoms with Crippen LogP contribution in [0.15, 0.2) is 24.3 Å². The molecule has 1 aliphatic rings. The molecule has 0 heterocycles.